The zero-order valence-corrected chi connectivity index (χ0v) is 25.6. The molecule has 2 aromatic heterocycles. The van der Waals surface area contributed by atoms with Crippen LogP contribution in [-0.2, 0) is 20.5 Å². The minimum absolute atomic E-state index is 0.0603. The summed E-state index contributed by atoms with van der Waals surface area (Å²) in [4.78, 5) is 27.0. The second kappa shape index (κ2) is 13.0. The lowest BCUT2D eigenvalue weighted by molar-refractivity contribution is 0.0293. The quantitative estimate of drug-likeness (QED) is 0.227. The monoisotopic (exact) mass is 638 g/mol. The summed E-state index contributed by atoms with van der Waals surface area (Å²) in [6.45, 7) is 6.36. The van der Waals surface area contributed by atoms with Crippen LogP contribution in [-0.4, -0.2) is 59.1 Å². The van der Waals surface area contributed by atoms with Gasteiger partial charge in [0.1, 0.15) is 5.60 Å². The van der Waals surface area contributed by atoms with Gasteiger partial charge in [-0.25, -0.2) is 32.6 Å². The van der Waals surface area contributed by atoms with Crippen LogP contribution < -0.4 is 14.8 Å². The molecule has 0 unspecified atom stereocenters. The number of nitrogens with zero attached hydrogens (tertiary/aromatic N) is 4. The molecule has 1 atom stereocenters. The van der Waals surface area contributed by atoms with Gasteiger partial charge in [-0.2, -0.15) is 4.39 Å². The van der Waals surface area contributed by atoms with Crippen LogP contribution in [0.3, 0.4) is 0 Å². The maximum Gasteiger partial charge on any atom is 0.410 e. The van der Waals surface area contributed by atoms with Gasteiger partial charge in [0, 0.05) is 31.5 Å². The third-order valence-electron chi connectivity index (χ3n) is 6.59. The van der Waals surface area contributed by atoms with Gasteiger partial charge in [-0.05, 0) is 63.1 Å². The number of aromatic nitrogens is 3. The molecular formula is C31H32F2N6O5S. The molecule has 0 aliphatic carbocycles. The van der Waals surface area contributed by atoms with Gasteiger partial charge in [-0.15, -0.1) is 0 Å². The molecule has 1 amide bonds. The first-order chi connectivity index (χ1) is 21.4. The van der Waals surface area contributed by atoms with Gasteiger partial charge in [-0.3, -0.25) is 4.72 Å². The third-order valence-corrected chi connectivity index (χ3v) is 7.84. The van der Waals surface area contributed by atoms with E-state index in [4.69, 9.17) is 9.47 Å². The van der Waals surface area contributed by atoms with Gasteiger partial charge < -0.3 is 19.7 Å². The maximum atomic E-state index is 15.1. The number of carbonyl (C=O) groups is 1. The van der Waals surface area contributed by atoms with Crippen molar-refractivity contribution in [3.8, 4) is 22.9 Å². The Hall–Kier alpha value is -4.85. The van der Waals surface area contributed by atoms with Crippen LogP contribution in [0.25, 0.3) is 11.3 Å². The lowest BCUT2D eigenvalue weighted by atomic mass is 10.2. The molecule has 5 rings (SSSR count). The van der Waals surface area contributed by atoms with Crippen molar-refractivity contribution in [3.05, 3.63) is 90.3 Å². The Labute approximate surface area is 259 Å². The fourth-order valence-corrected chi connectivity index (χ4v) is 5.79. The average Bonchev–Trinajstić information content (AvgIpc) is 3.45. The van der Waals surface area contributed by atoms with E-state index >= 15 is 4.39 Å². The number of sulfonamides is 1. The van der Waals surface area contributed by atoms with Crippen LogP contribution in [0.2, 0.25) is 0 Å². The summed E-state index contributed by atoms with van der Waals surface area (Å²) < 4.78 is 68.5. The Morgan fingerprint density at radius 3 is 2.53 bits per heavy atom. The van der Waals surface area contributed by atoms with E-state index in [9.17, 15) is 17.6 Å². The second-order valence-corrected chi connectivity index (χ2v) is 13.1. The Balaban J connectivity index is 1.29. The predicted octanol–water partition coefficient (Wildman–Crippen LogP) is 5.97. The summed E-state index contributed by atoms with van der Waals surface area (Å²) in [5.74, 6) is -3.50. The first-order valence-electron chi connectivity index (χ1n) is 14.1. The van der Waals surface area contributed by atoms with Crippen LogP contribution in [0.4, 0.5) is 25.2 Å². The zero-order chi connectivity index (χ0) is 32.2. The Kier molecular flexibility index (Phi) is 9.14. The zero-order valence-electron chi connectivity index (χ0n) is 24.8. The van der Waals surface area contributed by atoms with Gasteiger partial charge in [0.15, 0.2) is 11.6 Å². The molecular weight excluding hydrogens is 606 g/mol. The van der Waals surface area contributed by atoms with E-state index in [1.54, 1.807) is 53.4 Å². The number of rotatable bonds is 9. The van der Waals surface area contributed by atoms with Crippen LogP contribution in [0.5, 0.6) is 11.6 Å². The first-order valence-corrected chi connectivity index (χ1v) is 15.8. The van der Waals surface area contributed by atoms with E-state index in [1.165, 1.54) is 12.4 Å². The molecule has 1 saturated heterocycles. The number of carbonyl (C=O) groups excluding carboxylic acids is 1. The highest BCUT2D eigenvalue weighted by Crippen LogP contribution is 2.34. The second-order valence-electron chi connectivity index (χ2n) is 11.4. The minimum atomic E-state index is -4.02. The van der Waals surface area contributed by atoms with Gasteiger partial charge in [0.2, 0.25) is 27.7 Å². The Morgan fingerprint density at radius 2 is 1.78 bits per heavy atom. The van der Waals surface area contributed by atoms with E-state index in [0.29, 0.717) is 42.3 Å². The SMILES string of the molecule is CC(C)(C)OC(=O)N1CC[C@H](Nc2nccc(-c3cccnc3Oc3ccc(NS(=O)(=O)Cc4ccccc4)c(F)c3F)n2)C1. The highest BCUT2D eigenvalue weighted by molar-refractivity contribution is 7.91. The molecule has 0 radical (unpaired) electrons. The summed E-state index contributed by atoms with van der Waals surface area (Å²) in [6, 6.07) is 15.3. The van der Waals surface area contributed by atoms with Crippen molar-refractivity contribution >= 4 is 27.8 Å². The number of hydrogen-bond acceptors (Lipinski definition) is 9. The summed E-state index contributed by atoms with van der Waals surface area (Å²) in [5.41, 5.74) is 0.101. The van der Waals surface area contributed by atoms with E-state index in [0.717, 1.165) is 12.1 Å². The van der Waals surface area contributed by atoms with Crippen LogP contribution in [0.15, 0.2) is 73.1 Å². The van der Waals surface area contributed by atoms with Gasteiger partial charge in [0.25, 0.3) is 0 Å². The molecule has 2 N–H and O–H groups in total. The number of likely N-dealkylation sites (tertiary alicyclic amines) is 1. The molecule has 1 fully saturated rings. The lowest BCUT2D eigenvalue weighted by Gasteiger charge is -2.24. The van der Waals surface area contributed by atoms with Crippen molar-refractivity contribution in [3.63, 3.8) is 0 Å². The number of benzene rings is 2. The summed E-state index contributed by atoms with van der Waals surface area (Å²) >= 11 is 0. The standard InChI is InChI=1S/C31H32F2N6O5S/c1-31(2,3)44-30(40)39-17-14-21(18-39)36-29-35-16-13-23(37-29)22-10-7-15-34-28(22)43-25-12-11-24(26(32)27(25)33)38-45(41,42)19-20-8-5-4-6-9-20/h4-13,15-16,21,38H,14,17-19H2,1-3H3,(H,35,36,37)/t21-/m0/s1. The molecule has 0 saturated carbocycles. The van der Waals surface area contributed by atoms with Crippen LogP contribution in [0.1, 0.15) is 32.8 Å². The molecule has 4 aromatic rings. The molecule has 45 heavy (non-hydrogen) atoms. The number of nitrogens with one attached hydrogen (secondary N) is 2. The Morgan fingerprint density at radius 1 is 1.00 bits per heavy atom. The number of hydrogen-bond donors (Lipinski definition) is 2. The fraction of sp³-hybridized carbons (Fsp3) is 0.290. The van der Waals surface area contributed by atoms with Crippen LogP contribution in [0, 0.1) is 11.6 Å². The van der Waals surface area contributed by atoms with Gasteiger partial charge >= 0.3 is 6.09 Å². The van der Waals surface area contributed by atoms with Crippen LogP contribution >= 0.6 is 0 Å². The highest BCUT2D eigenvalue weighted by Gasteiger charge is 2.30. The summed E-state index contributed by atoms with van der Waals surface area (Å²) in [7, 11) is -4.02. The highest BCUT2D eigenvalue weighted by atomic mass is 32.2. The number of amides is 1. The molecule has 0 spiro atoms. The number of anilines is 2. The molecule has 1 aliphatic heterocycles. The van der Waals surface area contributed by atoms with E-state index in [1.807, 2.05) is 20.8 Å². The maximum absolute atomic E-state index is 15.1. The van der Waals surface area contributed by atoms with Crippen molar-refractivity contribution in [1.29, 1.82) is 0 Å². The fourth-order valence-electron chi connectivity index (χ4n) is 4.59. The van der Waals surface area contributed by atoms with Crippen molar-refractivity contribution < 1.29 is 31.5 Å². The molecule has 1 aliphatic rings. The number of pyridine rings is 1. The van der Waals surface area contributed by atoms with E-state index < -0.39 is 44.4 Å². The van der Waals surface area contributed by atoms with Crippen molar-refractivity contribution in [2.45, 2.75) is 44.6 Å². The van der Waals surface area contributed by atoms with Gasteiger partial charge in [0.05, 0.1) is 22.7 Å². The van der Waals surface area contributed by atoms with E-state index in [-0.39, 0.29) is 18.0 Å². The lowest BCUT2D eigenvalue weighted by Crippen LogP contribution is -2.36. The number of halogens is 2. The minimum Gasteiger partial charge on any atom is -0.444 e. The number of ether oxygens (including phenoxy) is 2. The van der Waals surface area contributed by atoms with Crippen molar-refractivity contribution in [1.82, 2.24) is 19.9 Å². The average molecular weight is 639 g/mol. The molecule has 0 bridgehead atoms. The topological polar surface area (TPSA) is 136 Å². The van der Waals surface area contributed by atoms with Crippen molar-refractivity contribution in [2.24, 2.45) is 0 Å². The predicted molar refractivity (Wildman–Crippen MR) is 164 cm³/mol. The summed E-state index contributed by atoms with van der Waals surface area (Å²) in [6.07, 6.45) is 3.22. The molecule has 236 valence electrons. The molecule has 14 heteroatoms. The normalized spacial score (nSPS) is 15.0. The Bertz CT molecular complexity index is 1790. The largest absolute Gasteiger partial charge is 0.444 e. The van der Waals surface area contributed by atoms with Gasteiger partial charge in [-0.1, -0.05) is 30.3 Å². The molecule has 11 nitrogen and oxygen atoms in total. The third kappa shape index (κ3) is 8.20. The van der Waals surface area contributed by atoms with E-state index in [2.05, 4.69) is 25.0 Å². The summed E-state index contributed by atoms with van der Waals surface area (Å²) in [5, 5.41) is 3.23. The molecule has 2 aromatic carbocycles. The first kappa shape index (κ1) is 31.6. The van der Waals surface area contributed by atoms with Crippen molar-refractivity contribution in [2.75, 3.05) is 23.1 Å². The smallest absolute Gasteiger partial charge is 0.410 e. The molecule has 3 heterocycles.